The molecular weight excluding hydrogens is 258 g/mol. The van der Waals surface area contributed by atoms with Crippen LogP contribution in [-0.4, -0.2) is 54.4 Å². The fraction of sp³-hybridized carbons (Fsp3) is 0.533. The van der Waals surface area contributed by atoms with Crippen LogP contribution in [0.4, 0.5) is 0 Å². The van der Waals surface area contributed by atoms with Gasteiger partial charge in [0.05, 0.1) is 25.4 Å². The van der Waals surface area contributed by atoms with Crippen molar-refractivity contribution in [3.05, 3.63) is 29.8 Å². The van der Waals surface area contributed by atoms with E-state index in [4.69, 9.17) is 9.47 Å². The third-order valence-corrected chi connectivity index (χ3v) is 3.31. The minimum atomic E-state index is -0.451. The second-order valence-electron chi connectivity index (χ2n) is 5.60. The fourth-order valence-corrected chi connectivity index (χ4v) is 2.46. The Labute approximate surface area is 119 Å². The summed E-state index contributed by atoms with van der Waals surface area (Å²) in [4.78, 5) is 14.2. The molecule has 1 aromatic rings. The van der Waals surface area contributed by atoms with E-state index in [0.717, 1.165) is 5.75 Å². The highest BCUT2D eigenvalue weighted by Crippen LogP contribution is 2.23. The number of ether oxygens (including phenoxy) is 2. The maximum Gasteiger partial charge on any atom is 0.254 e. The summed E-state index contributed by atoms with van der Waals surface area (Å²) < 4.78 is 10.8. The molecule has 0 radical (unpaired) electrons. The number of carbonyl (C=O) groups excluding carboxylic acids is 1. The minimum absolute atomic E-state index is 0.0533. The molecule has 1 heterocycles. The first kappa shape index (κ1) is 14.8. The number of nitrogens with zero attached hydrogens (tertiary/aromatic N) is 1. The molecule has 1 N–H and O–H groups in total. The summed E-state index contributed by atoms with van der Waals surface area (Å²) in [5.41, 5.74) is 0.161. The number of morpholine rings is 1. The molecule has 5 nitrogen and oxygen atoms in total. The predicted octanol–water partition coefficient (Wildman–Crippen LogP) is 1.31. The number of methoxy groups -OCH3 is 1. The summed E-state index contributed by atoms with van der Waals surface area (Å²) in [6.07, 6.45) is -0.332. The summed E-state index contributed by atoms with van der Waals surface area (Å²) in [5.74, 6) is 0.666. The smallest absolute Gasteiger partial charge is 0.254 e. The summed E-state index contributed by atoms with van der Waals surface area (Å²) in [6, 6.07) is 7.03. The van der Waals surface area contributed by atoms with Crippen LogP contribution in [0.5, 0.6) is 5.75 Å². The lowest BCUT2D eigenvalue weighted by Gasteiger charge is -2.42. The lowest BCUT2D eigenvalue weighted by atomic mass is 10.0. The van der Waals surface area contributed by atoms with Crippen molar-refractivity contribution in [1.82, 2.24) is 4.90 Å². The van der Waals surface area contributed by atoms with Crippen LogP contribution in [0, 0.1) is 0 Å². The predicted molar refractivity (Wildman–Crippen MR) is 74.9 cm³/mol. The quantitative estimate of drug-likeness (QED) is 0.906. The molecule has 1 fully saturated rings. The Kier molecular flexibility index (Phi) is 4.30. The van der Waals surface area contributed by atoms with E-state index in [-0.39, 0.29) is 18.6 Å². The molecular formula is C15H21NO4. The Morgan fingerprint density at radius 3 is 2.65 bits per heavy atom. The van der Waals surface area contributed by atoms with E-state index in [1.165, 1.54) is 0 Å². The molecule has 110 valence electrons. The van der Waals surface area contributed by atoms with Gasteiger partial charge in [-0.15, -0.1) is 0 Å². The van der Waals surface area contributed by atoms with E-state index >= 15 is 0 Å². The maximum atomic E-state index is 12.5. The van der Waals surface area contributed by atoms with Gasteiger partial charge in [0, 0.05) is 18.7 Å². The zero-order valence-corrected chi connectivity index (χ0v) is 12.1. The average Bonchev–Trinajstić information content (AvgIpc) is 2.44. The Hall–Kier alpha value is -1.59. The van der Waals surface area contributed by atoms with Crippen LogP contribution in [0.15, 0.2) is 24.3 Å². The second-order valence-corrected chi connectivity index (χ2v) is 5.60. The summed E-state index contributed by atoms with van der Waals surface area (Å²) in [7, 11) is 1.59. The molecule has 1 aliphatic heterocycles. The van der Waals surface area contributed by atoms with Crippen molar-refractivity contribution in [2.24, 2.45) is 0 Å². The lowest BCUT2D eigenvalue weighted by Crippen LogP contribution is -2.55. The Morgan fingerprint density at radius 1 is 1.45 bits per heavy atom. The van der Waals surface area contributed by atoms with Crippen LogP contribution in [0.1, 0.15) is 24.2 Å². The molecule has 1 aliphatic rings. The van der Waals surface area contributed by atoms with Gasteiger partial charge in [0.2, 0.25) is 0 Å². The molecule has 0 saturated carbocycles. The molecule has 0 aliphatic carbocycles. The molecule has 2 rings (SSSR count). The van der Waals surface area contributed by atoms with Gasteiger partial charge in [0.25, 0.3) is 5.91 Å². The van der Waals surface area contributed by atoms with E-state index in [1.54, 1.807) is 36.3 Å². The minimum Gasteiger partial charge on any atom is -0.497 e. The van der Waals surface area contributed by atoms with Crippen LogP contribution in [0.25, 0.3) is 0 Å². The van der Waals surface area contributed by atoms with E-state index in [0.29, 0.717) is 18.7 Å². The highest BCUT2D eigenvalue weighted by Gasteiger charge is 2.35. The first-order valence-electron chi connectivity index (χ1n) is 6.67. The summed E-state index contributed by atoms with van der Waals surface area (Å²) in [5, 5.41) is 9.28. The maximum absolute atomic E-state index is 12.5. The normalized spacial score (nSPS) is 21.6. The molecule has 0 bridgehead atoms. The average molecular weight is 279 g/mol. The van der Waals surface area contributed by atoms with Gasteiger partial charge < -0.3 is 19.5 Å². The third kappa shape index (κ3) is 3.29. The number of benzene rings is 1. The SMILES string of the molecule is COc1ccc(C(=O)N2CC(CO)OC(C)(C)C2)cc1. The van der Waals surface area contributed by atoms with Crippen LogP contribution in [0.2, 0.25) is 0 Å². The highest BCUT2D eigenvalue weighted by atomic mass is 16.5. The van der Waals surface area contributed by atoms with Crippen LogP contribution < -0.4 is 4.74 Å². The van der Waals surface area contributed by atoms with Gasteiger partial charge in [-0.3, -0.25) is 4.79 Å². The van der Waals surface area contributed by atoms with Crippen molar-refractivity contribution >= 4 is 5.91 Å². The molecule has 1 saturated heterocycles. The van der Waals surface area contributed by atoms with Gasteiger partial charge >= 0.3 is 0 Å². The Morgan fingerprint density at radius 2 is 2.10 bits per heavy atom. The van der Waals surface area contributed by atoms with Crippen molar-refractivity contribution < 1.29 is 19.4 Å². The number of hydrogen-bond donors (Lipinski definition) is 1. The zero-order chi connectivity index (χ0) is 14.8. The van der Waals surface area contributed by atoms with Crippen LogP contribution in [-0.2, 0) is 4.74 Å². The van der Waals surface area contributed by atoms with Gasteiger partial charge in [0.15, 0.2) is 0 Å². The van der Waals surface area contributed by atoms with E-state index < -0.39 is 5.60 Å². The number of carbonyl (C=O) groups is 1. The van der Waals surface area contributed by atoms with E-state index in [2.05, 4.69) is 0 Å². The van der Waals surface area contributed by atoms with Gasteiger partial charge in [-0.05, 0) is 38.1 Å². The van der Waals surface area contributed by atoms with Crippen molar-refractivity contribution in [3.63, 3.8) is 0 Å². The van der Waals surface area contributed by atoms with Gasteiger partial charge in [-0.2, -0.15) is 0 Å². The third-order valence-electron chi connectivity index (χ3n) is 3.31. The zero-order valence-electron chi connectivity index (χ0n) is 12.1. The number of rotatable bonds is 3. The molecule has 5 heteroatoms. The molecule has 1 unspecified atom stereocenters. The largest absolute Gasteiger partial charge is 0.497 e. The molecule has 0 spiro atoms. The van der Waals surface area contributed by atoms with Crippen molar-refractivity contribution in [2.75, 3.05) is 26.8 Å². The topological polar surface area (TPSA) is 59.0 Å². The van der Waals surface area contributed by atoms with Crippen molar-refractivity contribution in [3.8, 4) is 5.75 Å². The van der Waals surface area contributed by atoms with Gasteiger partial charge in [-0.25, -0.2) is 0 Å². The van der Waals surface area contributed by atoms with E-state index in [1.807, 2.05) is 13.8 Å². The molecule has 0 aromatic heterocycles. The van der Waals surface area contributed by atoms with Gasteiger partial charge in [0.1, 0.15) is 5.75 Å². The molecule has 20 heavy (non-hydrogen) atoms. The Balaban J connectivity index is 2.14. The summed E-state index contributed by atoms with van der Waals surface area (Å²) in [6.45, 7) is 4.67. The standard InChI is InChI=1S/C15H21NO4/c1-15(2)10-16(8-13(9-17)20-15)14(18)11-4-6-12(19-3)7-5-11/h4-7,13,17H,8-10H2,1-3H3. The van der Waals surface area contributed by atoms with Gasteiger partial charge in [-0.1, -0.05) is 0 Å². The molecule has 1 aromatic carbocycles. The second kappa shape index (κ2) is 5.81. The molecule has 1 amide bonds. The lowest BCUT2D eigenvalue weighted by molar-refractivity contribution is -0.139. The van der Waals surface area contributed by atoms with Crippen LogP contribution >= 0.6 is 0 Å². The molecule has 1 atom stereocenters. The van der Waals surface area contributed by atoms with Crippen molar-refractivity contribution in [2.45, 2.75) is 25.6 Å². The highest BCUT2D eigenvalue weighted by molar-refractivity contribution is 5.94. The monoisotopic (exact) mass is 279 g/mol. The number of amides is 1. The van der Waals surface area contributed by atoms with Crippen LogP contribution in [0.3, 0.4) is 0 Å². The first-order chi connectivity index (χ1) is 9.45. The van der Waals surface area contributed by atoms with Crippen molar-refractivity contribution in [1.29, 1.82) is 0 Å². The fourth-order valence-electron chi connectivity index (χ4n) is 2.46. The summed E-state index contributed by atoms with van der Waals surface area (Å²) >= 11 is 0. The Bertz CT molecular complexity index is 469. The van der Waals surface area contributed by atoms with E-state index in [9.17, 15) is 9.90 Å². The number of aliphatic hydroxyl groups excluding tert-OH is 1. The number of hydrogen-bond acceptors (Lipinski definition) is 4. The first-order valence-corrected chi connectivity index (χ1v) is 6.67. The number of aliphatic hydroxyl groups is 1.